The largest absolute Gasteiger partial charge is 0.391 e. The summed E-state index contributed by atoms with van der Waals surface area (Å²) in [5.41, 5.74) is 5.32. The van der Waals surface area contributed by atoms with Gasteiger partial charge in [0.25, 0.3) is 23.6 Å². The van der Waals surface area contributed by atoms with Crippen LogP contribution in [0.1, 0.15) is 97.5 Å². The molecule has 0 bridgehead atoms. The van der Waals surface area contributed by atoms with Crippen molar-refractivity contribution in [1.29, 1.82) is 15.8 Å². The highest BCUT2D eigenvalue weighted by atomic mass is 19.1. The molecule has 6 aromatic heterocycles. The van der Waals surface area contributed by atoms with Gasteiger partial charge in [0, 0.05) is 88.5 Å². The molecule has 7 aliphatic rings. The number of anilines is 3. The van der Waals surface area contributed by atoms with Gasteiger partial charge < -0.3 is 40.7 Å². The Hall–Kier alpha value is -11.7. The standard InChI is InChI=1S/C26H26FN7O2.C22H19FN6O2.C21H15FN6O3/c27-19-5-1-3-17(14-28)24(19)20-13-22(25-21(30-20)15-29-26(25)35)34-8-6-23(31-34)33-7-2-4-18(16-33)32-9-11-36-12-10-32;1-12-18(30)5-7-28(12)19-6-8-29(27-19)17-9-15(26-16-11-25-22(31)21(16)17)20-13(10-24)3-2-4-14(20)23;22-12-3-1-2-11(9-23)18(12)13-8-15(19-14(25-13)10-24-20(19)30)28-7-5-17(26-28)27-6-4-16(29)21(27)31/h1,3,5-6,8,13,18H,2,4,7,9-12,15-16H2,(H,29,35);2-4,6,8-9,12,18,30H,5,7,11H2,1H3,(H,25,31);1-3,5,7-8,16,29H,4,6,10H2,(H,24,30)/t;12-,18+;16-/m.00/s1. The van der Waals surface area contributed by atoms with Crippen LogP contribution in [0.2, 0.25) is 0 Å². The monoisotopic (exact) mass is 1320 g/mol. The topological polar surface area (TPSA) is 331 Å². The Bertz CT molecular complexity index is 4850. The quantitative estimate of drug-likeness (QED) is 0.106. The molecule has 0 saturated carbocycles. The summed E-state index contributed by atoms with van der Waals surface area (Å²) in [6, 6.07) is 29.3. The minimum Gasteiger partial charge on any atom is -0.391 e. The Balaban J connectivity index is 0.000000126. The van der Waals surface area contributed by atoms with E-state index in [-0.39, 0.29) is 88.2 Å². The summed E-state index contributed by atoms with van der Waals surface area (Å²) in [6.07, 6.45) is 6.86. The summed E-state index contributed by atoms with van der Waals surface area (Å²) in [5.74, 6) is -1.15. The van der Waals surface area contributed by atoms with E-state index < -0.39 is 35.6 Å². The maximum absolute atomic E-state index is 14.8. The molecule has 0 aliphatic carbocycles. The minimum atomic E-state index is -1.06. The summed E-state index contributed by atoms with van der Waals surface area (Å²) in [4.78, 5) is 71.3. The van der Waals surface area contributed by atoms with Gasteiger partial charge in [-0.3, -0.25) is 29.0 Å². The third kappa shape index (κ3) is 11.8. The Kier molecular flexibility index (Phi) is 17.2. The predicted octanol–water partition coefficient (Wildman–Crippen LogP) is 5.92. The molecule has 16 rings (SSSR count). The molecule has 26 nitrogen and oxygen atoms in total. The predicted molar refractivity (Wildman–Crippen MR) is 346 cm³/mol. The number of carbonyl (C=O) groups is 4. The van der Waals surface area contributed by atoms with E-state index in [1.54, 1.807) is 46.0 Å². The number of nitrogens with zero attached hydrogens (tertiary/aromatic N) is 16. The van der Waals surface area contributed by atoms with Crippen molar-refractivity contribution in [2.75, 3.05) is 67.2 Å². The van der Waals surface area contributed by atoms with Crippen molar-refractivity contribution in [2.24, 2.45) is 0 Å². The van der Waals surface area contributed by atoms with Gasteiger partial charge in [-0.1, -0.05) is 18.2 Å². The van der Waals surface area contributed by atoms with E-state index in [2.05, 4.69) is 50.9 Å². The van der Waals surface area contributed by atoms with Crippen molar-refractivity contribution in [3.05, 3.63) is 178 Å². The van der Waals surface area contributed by atoms with Gasteiger partial charge in [0.15, 0.2) is 17.5 Å². The lowest BCUT2D eigenvalue weighted by Crippen LogP contribution is -2.51. The SMILES string of the molecule is C[C@H]1[C@H](O)CCN1c1ccn(-c2cc(-c3c(F)cccc3C#N)nc3c2C(=O)NC3)n1.N#Cc1cccc(F)c1-c1cc(-n2ccc(N3CCCC(N4CCOCC4)C3)n2)c2c(n1)CNC2=O.N#Cc1cccc(F)c1-c1cc(-n2ccc(N3CC[C@H](O)C3=O)n2)c2c(n1)CNC2=O. The zero-order valence-electron chi connectivity index (χ0n) is 52.5. The number of nitrogens with one attached hydrogen (secondary N) is 3. The summed E-state index contributed by atoms with van der Waals surface area (Å²) in [5, 5.41) is 70.3. The molecule has 5 N–H and O–H groups in total. The molecule has 29 heteroatoms. The third-order valence-corrected chi connectivity index (χ3v) is 18.5. The van der Waals surface area contributed by atoms with Gasteiger partial charge in [0.05, 0.1) is 164 Å². The molecule has 4 fully saturated rings. The number of hydrogen-bond donors (Lipinski definition) is 5. The van der Waals surface area contributed by atoms with Crippen molar-refractivity contribution in [3.8, 4) is 69.0 Å². The molecule has 13 heterocycles. The maximum atomic E-state index is 14.8. The molecular formula is C69H60F3N19O7. The van der Waals surface area contributed by atoms with Gasteiger partial charge >= 0.3 is 0 Å². The number of aliphatic hydroxyl groups excluding tert-OH is 2. The number of carbonyl (C=O) groups excluding carboxylic acids is 4. The van der Waals surface area contributed by atoms with Crippen molar-refractivity contribution >= 4 is 41.1 Å². The second kappa shape index (κ2) is 26.5. The molecular weight excluding hydrogens is 1260 g/mol. The van der Waals surface area contributed by atoms with Crippen LogP contribution in [-0.2, 0) is 29.2 Å². The highest BCUT2D eigenvalue weighted by Gasteiger charge is 2.36. The minimum absolute atomic E-state index is 0.0404. The molecule has 4 atom stereocenters. The molecule has 98 heavy (non-hydrogen) atoms. The number of halogens is 3. The van der Waals surface area contributed by atoms with Gasteiger partial charge in [-0.05, 0) is 80.8 Å². The van der Waals surface area contributed by atoms with E-state index in [9.17, 15) is 58.3 Å². The van der Waals surface area contributed by atoms with Crippen molar-refractivity contribution in [3.63, 3.8) is 0 Å². The fourth-order valence-corrected chi connectivity index (χ4v) is 13.5. The molecule has 9 aromatic rings. The number of aromatic nitrogens is 9. The third-order valence-electron chi connectivity index (χ3n) is 18.5. The lowest BCUT2D eigenvalue weighted by atomic mass is 10.0. The molecule has 0 radical (unpaired) electrons. The number of piperidine rings is 1. The number of rotatable bonds is 10. The van der Waals surface area contributed by atoms with E-state index >= 15 is 0 Å². The highest BCUT2D eigenvalue weighted by Crippen LogP contribution is 2.37. The number of morpholine rings is 1. The van der Waals surface area contributed by atoms with Crippen LogP contribution in [0.4, 0.5) is 30.6 Å². The Morgan fingerprint density at radius 2 is 0.969 bits per heavy atom. The summed E-state index contributed by atoms with van der Waals surface area (Å²) in [7, 11) is 0. The van der Waals surface area contributed by atoms with E-state index in [1.165, 1.54) is 64.2 Å². The number of amides is 4. The summed E-state index contributed by atoms with van der Waals surface area (Å²) in [6.45, 7) is 8.83. The van der Waals surface area contributed by atoms with Crippen LogP contribution in [0, 0.1) is 51.4 Å². The summed E-state index contributed by atoms with van der Waals surface area (Å²) >= 11 is 0. The molecule has 4 amide bonds. The molecule has 4 saturated heterocycles. The zero-order chi connectivity index (χ0) is 68.0. The van der Waals surface area contributed by atoms with Crippen LogP contribution in [0.3, 0.4) is 0 Å². The molecule has 0 spiro atoms. The first kappa shape index (κ1) is 63.7. The molecule has 3 aromatic carbocycles. The van der Waals surface area contributed by atoms with Crippen LogP contribution in [-0.4, -0.2) is 160 Å². The Morgan fingerprint density at radius 1 is 0.531 bits per heavy atom. The van der Waals surface area contributed by atoms with Crippen LogP contribution >= 0.6 is 0 Å². The van der Waals surface area contributed by atoms with Crippen molar-refractivity contribution < 1.29 is 47.3 Å². The van der Waals surface area contributed by atoms with E-state index in [1.807, 2.05) is 48.4 Å². The van der Waals surface area contributed by atoms with Crippen molar-refractivity contribution in [1.82, 2.24) is 65.1 Å². The van der Waals surface area contributed by atoms with Crippen LogP contribution in [0.25, 0.3) is 50.8 Å². The number of benzene rings is 3. The number of nitriles is 3. The maximum Gasteiger partial charge on any atom is 0.257 e. The number of fused-ring (bicyclic) bond motifs is 3. The number of ether oxygens (including phenoxy) is 1. The number of pyridine rings is 3. The Morgan fingerprint density at radius 3 is 1.40 bits per heavy atom. The van der Waals surface area contributed by atoms with Crippen LogP contribution in [0.5, 0.6) is 0 Å². The smallest absolute Gasteiger partial charge is 0.257 e. The van der Waals surface area contributed by atoms with E-state index in [0.29, 0.717) is 100 Å². The normalized spacial score (nSPS) is 19.3. The molecule has 7 aliphatic heterocycles. The second-order valence-electron chi connectivity index (χ2n) is 24.2. The first-order chi connectivity index (χ1) is 47.6. The first-order valence-electron chi connectivity index (χ1n) is 31.8. The van der Waals surface area contributed by atoms with E-state index in [4.69, 9.17) is 9.84 Å². The van der Waals surface area contributed by atoms with Gasteiger partial charge in [0.2, 0.25) is 0 Å². The zero-order valence-corrected chi connectivity index (χ0v) is 52.5. The van der Waals surface area contributed by atoms with Gasteiger partial charge in [0.1, 0.15) is 23.6 Å². The average molecular weight is 1320 g/mol. The van der Waals surface area contributed by atoms with Gasteiger partial charge in [-0.25, -0.2) is 42.2 Å². The molecule has 1 unspecified atom stereocenters. The van der Waals surface area contributed by atoms with Crippen LogP contribution < -0.4 is 30.7 Å². The highest BCUT2D eigenvalue weighted by molar-refractivity contribution is 6.04. The van der Waals surface area contributed by atoms with Crippen molar-refractivity contribution in [2.45, 2.75) is 76.5 Å². The first-order valence-corrected chi connectivity index (χ1v) is 31.8. The fourth-order valence-electron chi connectivity index (χ4n) is 13.5. The number of aliphatic hydroxyl groups is 2. The number of hydrogen-bond acceptors (Lipinski definition) is 19. The van der Waals surface area contributed by atoms with Gasteiger partial charge in [-0.15, -0.1) is 5.10 Å². The van der Waals surface area contributed by atoms with Gasteiger partial charge in [-0.2, -0.15) is 26.0 Å². The lowest BCUT2D eigenvalue weighted by Gasteiger charge is -2.40. The second-order valence-corrected chi connectivity index (χ2v) is 24.2. The Labute approximate surface area is 557 Å². The fraction of sp³-hybridized carbons (Fsp3) is 0.290. The molecule has 494 valence electrons. The van der Waals surface area contributed by atoms with E-state index in [0.717, 1.165) is 58.1 Å². The average Bonchev–Trinajstić information content (AvgIpc) is 1.55. The van der Waals surface area contributed by atoms with Crippen LogP contribution in [0.15, 0.2) is 110 Å². The lowest BCUT2D eigenvalue weighted by molar-refractivity contribution is -0.124. The summed E-state index contributed by atoms with van der Waals surface area (Å²) < 4.78 is 54.2.